The molecule has 5 amide bonds. The molecule has 2 saturated heterocycles. The van der Waals surface area contributed by atoms with Crippen LogP contribution in [0.2, 0.25) is 0 Å². The minimum Gasteiger partial charge on any atom is -0.494 e. The third-order valence-electron chi connectivity index (χ3n) is 12.8. The van der Waals surface area contributed by atoms with Crippen molar-refractivity contribution in [3.8, 4) is 5.75 Å². The normalized spacial score (nSPS) is 18.3. The van der Waals surface area contributed by atoms with E-state index in [2.05, 4.69) is 41.3 Å². The standard InChI is InChI=1S/C50H61N11O8/c1-34(54-48(64)36-10-6-11-38(27-36)52-30-44-56-57-47(58(44)2)42-17-18-51-33-53-42)35-9-7-12-40(29-35)69-26-5-3-4-23-67-24-8-25-68-32-46(63)60-21-19-59(20-22-60)39-13-14-41-37(28-39)31-61(50(41)66)43-15-16-45(62)55-49(43)65/h6-7,9-14,17-18,27-29,33-34,43,47,52,57H,3-5,8,15-16,19-26,30-32H2,1-2H3,(H,54,64)(H,55,62,65)/t34-,43?,47?/m1/s1. The summed E-state index contributed by atoms with van der Waals surface area (Å²) in [7, 11) is 1.95. The fourth-order valence-electron chi connectivity index (χ4n) is 8.79. The highest BCUT2D eigenvalue weighted by molar-refractivity contribution is 6.05. The molecule has 19 heteroatoms. The average Bonchev–Trinajstić information content (AvgIpc) is 3.91. The molecule has 4 aliphatic rings. The number of ether oxygens (including phenoxy) is 3. The summed E-state index contributed by atoms with van der Waals surface area (Å²) >= 11 is 0. The number of carbonyl (C=O) groups excluding carboxylic acids is 5. The van der Waals surface area contributed by atoms with E-state index in [-0.39, 0.29) is 48.9 Å². The molecule has 8 rings (SSSR count). The predicted molar refractivity (Wildman–Crippen MR) is 257 cm³/mol. The molecule has 0 radical (unpaired) electrons. The quantitative estimate of drug-likeness (QED) is 0.0648. The van der Waals surface area contributed by atoms with Crippen LogP contribution in [0.15, 0.2) is 90.4 Å². The minimum atomic E-state index is -0.643. The van der Waals surface area contributed by atoms with Crippen molar-refractivity contribution < 1.29 is 38.2 Å². The van der Waals surface area contributed by atoms with Gasteiger partial charge in [0.05, 0.1) is 24.9 Å². The monoisotopic (exact) mass is 943 g/mol. The van der Waals surface area contributed by atoms with E-state index in [0.717, 1.165) is 59.0 Å². The maximum Gasteiger partial charge on any atom is 0.255 e. The lowest BCUT2D eigenvalue weighted by Crippen LogP contribution is -2.52. The number of benzene rings is 3. The molecular formula is C50H61N11O8. The summed E-state index contributed by atoms with van der Waals surface area (Å²) in [6, 6.07) is 21.9. The highest BCUT2D eigenvalue weighted by Gasteiger charge is 2.39. The molecule has 2 unspecified atom stereocenters. The van der Waals surface area contributed by atoms with Crippen LogP contribution < -0.4 is 31.0 Å². The summed E-state index contributed by atoms with van der Waals surface area (Å²) in [6.07, 6.45) is 7.04. The van der Waals surface area contributed by atoms with E-state index in [0.29, 0.717) is 89.7 Å². The summed E-state index contributed by atoms with van der Waals surface area (Å²) in [5, 5.41) is 13.3. The number of likely N-dealkylation sites (N-methyl/N-ethyl adjacent to an activating group) is 1. The lowest BCUT2D eigenvalue weighted by Gasteiger charge is -2.36. The molecule has 3 aromatic carbocycles. The number of anilines is 2. The Bertz CT molecular complexity index is 2480. The Kier molecular flexibility index (Phi) is 16.3. The van der Waals surface area contributed by atoms with Gasteiger partial charge in [-0.1, -0.05) is 18.2 Å². The van der Waals surface area contributed by atoms with Crippen LogP contribution in [0.3, 0.4) is 0 Å². The number of piperidine rings is 1. The largest absolute Gasteiger partial charge is 0.494 e. The number of amides is 5. The highest BCUT2D eigenvalue weighted by Crippen LogP contribution is 2.31. The zero-order valence-corrected chi connectivity index (χ0v) is 39.2. The van der Waals surface area contributed by atoms with Gasteiger partial charge in [0.25, 0.3) is 11.8 Å². The van der Waals surface area contributed by atoms with E-state index in [1.165, 1.54) is 6.33 Å². The number of hydrogen-bond donors (Lipinski definition) is 4. The van der Waals surface area contributed by atoms with Crippen molar-refractivity contribution in [3.05, 3.63) is 113 Å². The molecule has 364 valence electrons. The number of nitrogens with one attached hydrogen (secondary N) is 4. The Morgan fingerprint density at radius 2 is 1.70 bits per heavy atom. The van der Waals surface area contributed by atoms with Crippen molar-refractivity contribution in [2.45, 2.75) is 70.2 Å². The second-order valence-corrected chi connectivity index (χ2v) is 17.5. The van der Waals surface area contributed by atoms with Crippen LogP contribution in [-0.2, 0) is 30.4 Å². The van der Waals surface area contributed by atoms with E-state index in [1.54, 1.807) is 17.2 Å². The fourth-order valence-corrected chi connectivity index (χ4v) is 8.79. The summed E-state index contributed by atoms with van der Waals surface area (Å²) in [5.74, 6) is 0.434. The van der Waals surface area contributed by atoms with Gasteiger partial charge >= 0.3 is 0 Å². The molecule has 0 saturated carbocycles. The second-order valence-electron chi connectivity index (χ2n) is 17.5. The molecule has 4 aliphatic heterocycles. The minimum absolute atomic E-state index is 0.0305. The zero-order chi connectivity index (χ0) is 48.1. The third-order valence-corrected chi connectivity index (χ3v) is 12.8. The van der Waals surface area contributed by atoms with Crippen LogP contribution in [0.1, 0.15) is 95.2 Å². The van der Waals surface area contributed by atoms with E-state index in [9.17, 15) is 24.0 Å². The van der Waals surface area contributed by atoms with Crippen LogP contribution in [-0.4, -0.2) is 139 Å². The molecule has 0 bridgehead atoms. The third kappa shape index (κ3) is 12.5. The number of amidine groups is 1. The number of imide groups is 1. The van der Waals surface area contributed by atoms with Crippen molar-refractivity contribution in [1.82, 2.24) is 40.7 Å². The SMILES string of the molecule is C[C@@H](NC(=O)c1cccc(NCC2=NNC(c3ccncn3)N2C)c1)c1cccc(OCCCCCOCCCOCC(=O)N2CCN(c3ccc4c(c3)CN(C3CCC(=O)NC3=O)C4=O)CC2)c1. The molecule has 1 aromatic heterocycles. The number of rotatable bonds is 22. The first kappa shape index (κ1) is 48.3. The van der Waals surface area contributed by atoms with Gasteiger partial charge in [0, 0.05) is 94.7 Å². The number of unbranched alkanes of at least 4 members (excludes halogenated alkanes) is 2. The number of hydrogen-bond acceptors (Lipinski definition) is 15. The fraction of sp³-hybridized carbons (Fsp3) is 0.440. The van der Waals surface area contributed by atoms with Crippen LogP contribution in [0.25, 0.3) is 0 Å². The van der Waals surface area contributed by atoms with E-state index in [4.69, 9.17) is 14.2 Å². The number of hydrazone groups is 1. The van der Waals surface area contributed by atoms with Gasteiger partial charge in [0.2, 0.25) is 17.7 Å². The van der Waals surface area contributed by atoms with Crippen LogP contribution in [0, 0.1) is 0 Å². The Balaban J connectivity index is 0.642. The van der Waals surface area contributed by atoms with Gasteiger partial charge in [0.15, 0.2) is 6.17 Å². The Morgan fingerprint density at radius 3 is 2.52 bits per heavy atom. The summed E-state index contributed by atoms with van der Waals surface area (Å²) < 4.78 is 17.5. The first-order chi connectivity index (χ1) is 33.6. The Morgan fingerprint density at radius 1 is 0.884 bits per heavy atom. The average molecular weight is 944 g/mol. The molecule has 2 fully saturated rings. The summed E-state index contributed by atoms with van der Waals surface area (Å²) in [6.45, 7) is 7.44. The predicted octanol–water partition coefficient (Wildman–Crippen LogP) is 4.01. The van der Waals surface area contributed by atoms with Crippen LogP contribution in [0.4, 0.5) is 11.4 Å². The lowest BCUT2D eigenvalue weighted by atomic mass is 10.0. The summed E-state index contributed by atoms with van der Waals surface area (Å²) in [4.78, 5) is 79.1. The number of aromatic nitrogens is 2. The van der Waals surface area contributed by atoms with Gasteiger partial charge in [-0.05, 0) is 105 Å². The number of nitrogens with zero attached hydrogens (tertiary/aromatic N) is 7. The van der Waals surface area contributed by atoms with Gasteiger partial charge in [0.1, 0.15) is 30.6 Å². The first-order valence-corrected chi connectivity index (χ1v) is 23.8. The van der Waals surface area contributed by atoms with Crippen molar-refractivity contribution in [2.75, 3.05) is 83.0 Å². The van der Waals surface area contributed by atoms with Gasteiger partial charge in [-0.2, -0.15) is 5.10 Å². The van der Waals surface area contributed by atoms with Gasteiger partial charge in [-0.25, -0.2) is 9.97 Å². The highest BCUT2D eigenvalue weighted by atomic mass is 16.5. The molecule has 69 heavy (non-hydrogen) atoms. The topological polar surface area (TPSA) is 212 Å². The van der Waals surface area contributed by atoms with Crippen LogP contribution >= 0.6 is 0 Å². The van der Waals surface area contributed by atoms with Gasteiger partial charge in [-0.3, -0.25) is 34.7 Å². The van der Waals surface area contributed by atoms with E-state index in [1.807, 2.05) is 90.5 Å². The molecule has 3 atom stereocenters. The van der Waals surface area contributed by atoms with E-state index >= 15 is 0 Å². The van der Waals surface area contributed by atoms with Crippen molar-refractivity contribution in [3.63, 3.8) is 0 Å². The number of piperazine rings is 1. The Hall–Kier alpha value is -7.12. The lowest BCUT2D eigenvalue weighted by molar-refractivity contribution is -0.137. The number of carbonyl (C=O) groups is 5. The molecule has 19 nitrogen and oxygen atoms in total. The zero-order valence-electron chi connectivity index (χ0n) is 39.2. The van der Waals surface area contributed by atoms with Crippen molar-refractivity contribution in [2.24, 2.45) is 5.10 Å². The molecule has 4 N–H and O–H groups in total. The molecule has 0 aliphatic carbocycles. The van der Waals surface area contributed by atoms with Crippen molar-refractivity contribution in [1.29, 1.82) is 0 Å². The molecular weight excluding hydrogens is 883 g/mol. The first-order valence-electron chi connectivity index (χ1n) is 23.8. The maximum atomic E-state index is 13.3. The molecule has 5 heterocycles. The smallest absolute Gasteiger partial charge is 0.255 e. The van der Waals surface area contributed by atoms with Gasteiger partial charge < -0.3 is 44.4 Å². The van der Waals surface area contributed by atoms with E-state index < -0.39 is 11.9 Å². The number of fused-ring (bicyclic) bond motifs is 1. The van der Waals surface area contributed by atoms with Crippen molar-refractivity contribution >= 4 is 46.7 Å². The summed E-state index contributed by atoms with van der Waals surface area (Å²) in [5.41, 5.74) is 8.65. The molecule has 0 spiro atoms. The maximum absolute atomic E-state index is 13.3. The Labute approximate surface area is 401 Å². The van der Waals surface area contributed by atoms with Gasteiger partial charge in [-0.15, -0.1) is 0 Å². The second kappa shape index (κ2) is 23.3. The van der Waals surface area contributed by atoms with Crippen LogP contribution in [0.5, 0.6) is 5.75 Å². The molecule has 4 aromatic rings.